The molecule has 0 bridgehead atoms. The number of imide groups is 1. The fourth-order valence-corrected chi connectivity index (χ4v) is 5.38. The average molecular weight is 616 g/mol. The normalized spacial score (nSPS) is 15.5. The van der Waals surface area contributed by atoms with E-state index in [0.29, 0.717) is 36.0 Å². The lowest BCUT2D eigenvalue weighted by atomic mass is 10.1. The van der Waals surface area contributed by atoms with Gasteiger partial charge in [-0.3, -0.25) is 14.6 Å². The SMILES string of the molecule is CCCOc1ccc(N2C(=O)C[C@@H](SC(=NCCc3ccc(OC)c(OC)c3)Nc3cccc(C(F)(F)F)c3)C2=O)cc1. The molecule has 3 aromatic rings. The first-order valence-electron chi connectivity index (χ1n) is 13.6. The fourth-order valence-electron chi connectivity index (χ4n) is 4.34. The first kappa shape index (κ1) is 31.7. The van der Waals surface area contributed by atoms with Gasteiger partial charge in [0.2, 0.25) is 11.8 Å². The summed E-state index contributed by atoms with van der Waals surface area (Å²) in [6.45, 7) is 2.79. The molecule has 12 heteroatoms. The van der Waals surface area contributed by atoms with Crippen LogP contribution in [0.4, 0.5) is 24.5 Å². The van der Waals surface area contributed by atoms with E-state index in [0.717, 1.165) is 40.8 Å². The Kier molecular flexibility index (Phi) is 10.6. The third-order valence-corrected chi connectivity index (χ3v) is 7.58. The van der Waals surface area contributed by atoms with Crippen LogP contribution in [0.3, 0.4) is 0 Å². The summed E-state index contributed by atoms with van der Waals surface area (Å²) in [4.78, 5) is 32.0. The molecule has 1 atom stereocenters. The van der Waals surface area contributed by atoms with E-state index in [1.165, 1.54) is 26.4 Å². The van der Waals surface area contributed by atoms with Gasteiger partial charge in [-0.05, 0) is 73.0 Å². The van der Waals surface area contributed by atoms with Gasteiger partial charge in [0.05, 0.1) is 32.1 Å². The Bertz CT molecular complexity index is 1460. The molecule has 2 amide bonds. The van der Waals surface area contributed by atoms with Gasteiger partial charge in [0.25, 0.3) is 0 Å². The van der Waals surface area contributed by atoms with Crippen LogP contribution in [0.5, 0.6) is 17.2 Å². The minimum absolute atomic E-state index is 0.0868. The molecule has 1 saturated heterocycles. The second-order valence-electron chi connectivity index (χ2n) is 9.55. The molecule has 1 N–H and O–H groups in total. The number of anilines is 2. The molecule has 0 aliphatic carbocycles. The Hall–Kier alpha value is -4.19. The number of thioether (sulfide) groups is 1. The van der Waals surface area contributed by atoms with Crippen molar-refractivity contribution in [1.29, 1.82) is 0 Å². The van der Waals surface area contributed by atoms with Crippen molar-refractivity contribution in [2.75, 3.05) is 37.6 Å². The lowest BCUT2D eigenvalue weighted by Crippen LogP contribution is -2.31. The van der Waals surface area contributed by atoms with E-state index in [2.05, 4.69) is 10.3 Å². The summed E-state index contributed by atoms with van der Waals surface area (Å²) in [6.07, 6.45) is -3.29. The Labute approximate surface area is 252 Å². The molecule has 0 saturated carbocycles. The molecule has 228 valence electrons. The largest absolute Gasteiger partial charge is 0.494 e. The van der Waals surface area contributed by atoms with Crippen molar-refractivity contribution in [2.24, 2.45) is 4.99 Å². The highest BCUT2D eigenvalue weighted by Gasteiger charge is 2.41. The number of carbonyl (C=O) groups excluding carboxylic acids is 2. The number of aliphatic imine (C=N–C) groups is 1. The number of nitrogens with one attached hydrogen (secondary N) is 1. The topological polar surface area (TPSA) is 89.5 Å². The molecule has 8 nitrogen and oxygen atoms in total. The Morgan fingerprint density at radius 2 is 1.77 bits per heavy atom. The molecule has 43 heavy (non-hydrogen) atoms. The minimum Gasteiger partial charge on any atom is -0.494 e. The van der Waals surface area contributed by atoms with Crippen LogP contribution in [0.1, 0.15) is 30.9 Å². The maximum atomic E-state index is 13.4. The highest BCUT2D eigenvalue weighted by Crippen LogP contribution is 2.34. The number of methoxy groups -OCH3 is 2. The number of amides is 2. The molecular weight excluding hydrogens is 583 g/mol. The van der Waals surface area contributed by atoms with Gasteiger partial charge in [-0.2, -0.15) is 13.2 Å². The minimum atomic E-state index is -4.53. The maximum absolute atomic E-state index is 13.4. The number of nitrogens with zero attached hydrogens (tertiary/aromatic N) is 2. The van der Waals surface area contributed by atoms with E-state index in [-0.39, 0.29) is 29.7 Å². The third-order valence-electron chi connectivity index (χ3n) is 6.47. The van der Waals surface area contributed by atoms with Gasteiger partial charge in [0.1, 0.15) is 11.0 Å². The number of alkyl halides is 3. The quantitative estimate of drug-likeness (QED) is 0.148. The van der Waals surface area contributed by atoms with Crippen molar-refractivity contribution < 1.29 is 37.0 Å². The number of halogens is 3. The van der Waals surface area contributed by atoms with Crippen molar-refractivity contribution in [3.05, 3.63) is 77.9 Å². The highest BCUT2D eigenvalue weighted by molar-refractivity contribution is 8.15. The zero-order chi connectivity index (χ0) is 31.0. The summed E-state index contributed by atoms with van der Waals surface area (Å²) in [5.41, 5.74) is 0.648. The fraction of sp³-hybridized carbons (Fsp3) is 0.323. The van der Waals surface area contributed by atoms with Crippen LogP contribution in [-0.2, 0) is 22.2 Å². The molecule has 0 aromatic heterocycles. The molecule has 0 unspecified atom stereocenters. The highest BCUT2D eigenvalue weighted by atomic mass is 32.2. The van der Waals surface area contributed by atoms with E-state index in [9.17, 15) is 22.8 Å². The van der Waals surface area contributed by atoms with Crippen LogP contribution in [0.15, 0.2) is 71.7 Å². The van der Waals surface area contributed by atoms with E-state index in [4.69, 9.17) is 14.2 Å². The molecule has 1 aliphatic heterocycles. The molecule has 4 rings (SSSR count). The van der Waals surface area contributed by atoms with Crippen LogP contribution >= 0.6 is 11.8 Å². The van der Waals surface area contributed by atoms with Gasteiger partial charge >= 0.3 is 6.18 Å². The number of hydrogen-bond acceptors (Lipinski definition) is 7. The van der Waals surface area contributed by atoms with Crippen LogP contribution < -0.4 is 24.4 Å². The summed E-state index contributed by atoms with van der Waals surface area (Å²) in [7, 11) is 3.07. The summed E-state index contributed by atoms with van der Waals surface area (Å²) in [6, 6.07) is 16.9. The number of ether oxygens (including phenoxy) is 3. The van der Waals surface area contributed by atoms with Gasteiger partial charge < -0.3 is 19.5 Å². The van der Waals surface area contributed by atoms with Gasteiger partial charge in [-0.25, -0.2) is 4.90 Å². The standard InChI is InChI=1S/C31H32F3N3O5S/c1-4-16-42-24-11-9-23(10-12-24)37-28(38)19-27(29(37)39)43-30(36-22-7-5-6-21(18-22)31(32,33)34)35-15-14-20-8-13-25(40-2)26(17-20)41-3/h5-13,17-18,27H,4,14-16,19H2,1-3H3,(H,35,36)/t27-/m1/s1. The Balaban J connectivity index is 1.53. The predicted molar refractivity (Wildman–Crippen MR) is 161 cm³/mol. The van der Waals surface area contributed by atoms with Crippen molar-refractivity contribution >= 4 is 40.1 Å². The second kappa shape index (κ2) is 14.3. The summed E-state index contributed by atoms with van der Waals surface area (Å²) < 4.78 is 56.2. The lowest BCUT2D eigenvalue weighted by Gasteiger charge is -2.17. The van der Waals surface area contributed by atoms with Gasteiger partial charge in [0.15, 0.2) is 16.7 Å². The first-order valence-corrected chi connectivity index (χ1v) is 14.5. The van der Waals surface area contributed by atoms with Crippen molar-refractivity contribution in [3.63, 3.8) is 0 Å². The molecule has 3 aromatic carbocycles. The Morgan fingerprint density at radius 3 is 2.44 bits per heavy atom. The number of amidine groups is 1. The molecule has 1 aliphatic rings. The molecule has 0 spiro atoms. The van der Waals surface area contributed by atoms with E-state index < -0.39 is 22.9 Å². The summed E-state index contributed by atoms with van der Waals surface area (Å²) >= 11 is 1.01. The van der Waals surface area contributed by atoms with Crippen LogP contribution in [0.25, 0.3) is 0 Å². The maximum Gasteiger partial charge on any atom is 0.416 e. The number of benzene rings is 3. The van der Waals surface area contributed by atoms with Crippen molar-refractivity contribution in [1.82, 2.24) is 0 Å². The van der Waals surface area contributed by atoms with Gasteiger partial charge in [-0.15, -0.1) is 0 Å². The smallest absolute Gasteiger partial charge is 0.416 e. The predicted octanol–water partition coefficient (Wildman–Crippen LogP) is 6.59. The third kappa shape index (κ3) is 8.22. The number of hydrogen-bond donors (Lipinski definition) is 1. The number of carbonyl (C=O) groups is 2. The van der Waals surface area contributed by atoms with Crippen molar-refractivity contribution in [2.45, 2.75) is 37.6 Å². The monoisotopic (exact) mass is 615 g/mol. The lowest BCUT2D eigenvalue weighted by molar-refractivity contribution is -0.137. The first-order chi connectivity index (χ1) is 20.6. The Morgan fingerprint density at radius 1 is 1.02 bits per heavy atom. The zero-order valence-electron chi connectivity index (χ0n) is 23.9. The molecule has 1 fully saturated rings. The van der Waals surface area contributed by atoms with Crippen LogP contribution in [0.2, 0.25) is 0 Å². The molecule has 1 heterocycles. The molecular formula is C31H32F3N3O5S. The van der Waals surface area contributed by atoms with Crippen LogP contribution in [-0.4, -0.2) is 49.6 Å². The van der Waals surface area contributed by atoms with E-state index >= 15 is 0 Å². The zero-order valence-corrected chi connectivity index (χ0v) is 24.8. The second-order valence-corrected chi connectivity index (χ2v) is 10.7. The van der Waals surface area contributed by atoms with Gasteiger partial charge in [0, 0.05) is 18.7 Å². The summed E-state index contributed by atoms with van der Waals surface area (Å²) in [5.74, 6) is 0.948. The summed E-state index contributed by atoms with van der Waals surface area (Å²) in [5, 5.41) is 2.33. The van der Waals surface area contributed by atoms with Crippen molar-refractivity contribution in [3.8, 4) is 17.2 Å². The molecule has 0 radical (unpaired) electrons. The van der Waals surface area contributed by atoms with Gasteiger partial charge in [-0.1, -0.05) is 30.8 Å². The average Bonchev–Trinajstić information content (AvgIpc) is 3.27. The van der Waals surface area contributed by atoms with E-state index in [1.54, 1.807) is 30.3 Å². The number of rotatable bonds is 11. The van der Waals surface area contributed by atoms with E-state index in [1.807, 2.05) is 19.1 Å². The van der Waals surface area contributed by atoms with Crippen LogP contribution in [0, 0.1) is 0 Å².